The van der Waals surface area contributed by atoms with Crippen LogP contribution in [0.1, 0.15) is 17.5 Å². The second kappa shape index (κ2) is 9.61. The van der Waals surface area contributed by atoms with Gasteiger partial charge in [0.2, 0.25) is 10.0 Å². The number of hydrogen-bond acceptors (Lipinski definition) is 5. The van der Waals surface area contributed by atoms with Gasteiger partial charge in [-0.15, -0.1) is 0 Å². The number of nitrogens with zero attached hydrogens (tertiary/aromatic N) is 2. The molecule has 1 aliphatic rings. The van der Waals surface area contributed by atoms with Crippen LogP contribution < -0.4 is 14.4 Å². The number of piperazine rings is 1. The molecule has 29 heavy (non-hydrogen) atoms. The molecule has 0 aliphatic carbocycles. The van der Waals surface area contributed by atoms with E-state index in [4.69, 9.17) is 4.74 Å². The maximum atomic E-state index is 12.6. The number of aryl methyl sites for hydroxylation is 2. The van der Waals surface area contributed by atoms with Gasteiger partial charge in [0.15, 0.2) is 0 Å². The molecule has 1 heterocycles. The van der Waals surface area contributed by atoms with Gasteiger partial charge in [0.1, 0.15) is 5.75 Å². The molecule has 0 unspecified atom stereocenters. The van der Waals surface area contributed by atoms with Gasteiger partial charge in [-0.1, -0.05) is 12.1 Å². The molecule has 0 saturated carbocycles. The first-order valence-corrected chi connectivity index (χ1v) is 11.6. The fourth-order valence-electron chi connectivity index (χ4n) is 3.61. The first kappa shape index (κ1) is 21.6. The maximum Gasteiger partial charge on any atom is 0.240 e. The smallest absolute Gasteiger partial charge is 0.240 e. The Hall–Kier alpha value is -2.09. The standard InChI is InChI=1S/C22H31N3O3S/c1-18-5-6-19(2)22(17-18)29(26,27)23-11-4-12-24-13-15-25(16-14-24)20-7-9-21(28-3)10-8-20/h5-10,17,23H,4,11-16H2,1-3H3. The minimum absolute atomic E-state index is 0.380. The highest BCUT2D eigenvalue weighted by molar-refractivity contribution is 7.89. The van der Waals surface area contributed by atoms with Crippen molar-refractivity contribution in [2.45, 2.75) is 25.2 Å². The molecule has 7 heteroatoms. The van der Waals surface area contributed by atoms with E-state index < -0.39 is 10.0 Å². The molecule has 1 saturated heterocycles. The molecule has 2 aromatic rings. The molecule has 0 bridgehead atoms. The predicted octanol–water partition coefficient (Wildman–Crippen LogP) is 2.80. The average molecular weight is 418 g/mol. The van der Waals surface area contributed by atoms with Gasteiger partial charge in [-0.3, -0.25) is 4.90 Å². The van der Waals surface area contributed by atoms with Gasteiger partial charge >= 0.3 is 0 Å². The Labute approximate surface area is 174 Å². The fourth-order valence-corrected chi connectivity index (χ4v) is 5.01. The molecule has 0 amide bonds. The third kappa shape index (κ3) is 5.72. The van der Waals surface area contributed by atoms with Crippen molar-refractivity contribution in [2.24, 2.45) is 0 Å². The van der Waals surface area contributed by atoms with E-state index in [1.807, 2.05) is 38.1 Å². The zero-order valence-electron chi connectivity index (χ0n) is 17.5. The van der Waals surface area contributed by atoms with Crippen molar-refractivity contribution in [3.63, 3.8) is 0 Å². The van der Waals surface area contributed by atoms with E-state index in [9.17, 15) is 8.42 Å². The zero-order valence-corrected chi connectivity index (χ0v) is 18.3. The van der Waals surface area contributed by atoms with Crippen LogP contribution >= 0.6 is 0 Å². The van der Waals surface area contributed by atoms with Gasteiger partial charge in [-0.25, -0.2) is 13.1 Å². The summed E-state index contributed by atoms with van der Waals surface area (Å²) in [6, 6.07) is 13.7. The van der Waals surface area contributed by atoms with Crippen LogP contribution in [0, 0.1) is 13.8 Å². The molecule has 0 atom stereocenters. The van der Waals surface area contributed by atoms with E-state index >= 15 is 0 Å². The second-order valence-electron chi connectivity index (χ2n) is 7.55. The van der Waals surface area contributed by atoms with E-state index in [1.54, 1.807) is 13.2 Å². The highest BCUT2D eigenvalue weighted by Gasteiger charge is 2.19. The maximum absolute atomic E-state index is 12.6. The molecule has 1 aliphatic heterocycles. The molecule has 158 valence electrons. The van der Waals surface area contributed by atoms with Crippen LogP contribution in [0.5, 0.6) is 5.75 Å². The molecule has 0 spiro atoms. The number of nitrogens with one attached hydrogen (secondary N) is 1. The van der Waals surface area contributed by atoms with E-state index in [0.717, 1.165) is 56.0 Å². The summed E-state index contributed by atoms with van der Waals surface area (Å²) in [7, 11) is -1.78. The van der Waals surface area contributed by atoms with Gasteiger partial charge in [-0.2, -0.15) is 0 Å². The van der Waals surface area contributed by atoms with Crippen molar-refractivity contribution in [3.8, 4) is 5.75 Å². The van der Waals surface area contributed by atoms with Crippen LogP contribution in [0.4, 0.5) is 5.69 Å². The SMILES string of the molecule is COc1ccc(N2CCN(CCCNS(=O)(=O)c3cc(C)ccc3C)CC2)cc1. The number of anilines is 1. The monoisotopic (exact) mass is 417 g/mol. The van der Waals surface area contributed by atoms with Crippen molar-refractivity contribution in [1.29, 1.82) is 0 Å². The van der Waals surface area contributed by atoms with Crippen molar-refractivity contribution in [1.82, 2.24) is 9.62 Å². The van der Waals surface area contributed by atoms with Crippen LogP contribution in [-0.4, -0.2) is 59.7 Å². The van der Waals surface area contributed by atoms with Gasteiger partial charge in [0.05, 0.1) is 12.0 Å². The normalized spacial score (nSPS) is 15.5. The molecule has 1 fully saturated rings. The van der Waals surface area contributed by atoms with E-state index in [1.165, 1.54) is 5.69 Å². The zero-order chi connectivity index (χ0) is 20.9. The van der Waals surface area contributed by atoms with Gasteiger partial charge in [-0.05, 0) is 68.3 Å². The molecular weight excluding hydrogens is 386 g/mol. The molecule has 0 radical (unpaired) electrons. The molecule has 1 N–H and O–H groups in total. The number of benzene rings is 2. The molecule has 6 nitrogen and oxygen atoms in total. The van der Waals surface area contributed by atoms with E-state index in [-0.39, 0.29) is 0 Å². The van der Waals surface area contributed by atoms with Gasteiger partial charge < -0.3 is 9.64 Å². The number of methoxy groups -OCH3 is 1. The fraction of sp³-hybridized carbons (Fsp3) is 0.455. The average Bonchev–Trinajstić information content (AvgIpc) is 2.73. The van der Waals surface area contributed by atoms with Crippen LogP contribution in [0.15, 0.2) is 47.4 Å². The lowest BCUT2D eigenvalue weighted by Gasteiger charge is -2.36. The topological polar surface area (TPSA) is 61.9 Å². The lowest BCUT2D eigenvalue weighted by molar-refractivity contribution is 0.255. The van der Waals surface area contributed by atoms with Crippen LogP contribution in [0.25, 0.3) is 0 Å². The molecule has 2 aromatic carbocycles. The van der Waals surface area contributed by atoms with E-state index in [2.05, 4.69) is 26.7 Å². The number of ether oxygens (including phenoxy) is 1. The highest BCUT2D eigenvalue weighted by atomic mass is 32.2. The Balaban J connectivity index is 1.42. The summed E-state index contributed by atoms with van der Waals surface area (Å²) in [4.78, 5) is 5.15. The Kier molecular flexibility index (Phi) is 7.16. The predicted molar refractivity (Wildman–Crippen MR) is 117 cm³/mol. The quantitative estimate of drug-likeness (QED) is 0.669. The Bertz CT molecular complexity index is 905. The first-order valence-electron chi connectivity index (χ1n) is 10.1. The third-order valence-electron chi connectivity index (χ3n) is 5.39. The summed E-state index contributed by atoms with van der Waals surface area (Å²) in [5, 5.41) is 0. The van der Waals surface area contributed by atoms with Gasteiger partial charge in [0.25, 0.3) is 0 Å². The summed E-state index contributed by atoms with van der Waals surface area (Å²) in [5.41, 5.74) is 2.94. The van der Waals surface area contributed by atoms with Crippen LogP contribution in [0.3, 0.4) is 0 Å². The minimum Gasteiger partial charge on any atom is -0.497 e. The summed E-state index contributed by atoms with van der Waals surface area (Å²) >= 11 is 0. The highest BCUT2D eigenvalue weighted by Crippen LogP contribution is 2.20. The summed E-state index contributed by atoms with van der Waals surface area (Å²) in [5.74, 6) is 0.871. The number of sulfonamides is 1. The summed E-state index contributed by atoms with van der Waals surface area (Å²) in [6.45, 7) is 8.99. The number of rotatable bonds is 8. The second-order valence-corrected chi connectivity index (χ2v) is 9.28. The Morgan fingerprint density at radius 1 is 1.00 bits per heavy atom. The van der Waals surface area contributed by atoms with Crippen molar-refractivity contribution < 1.29 is 13.2 Å². The van der Waals surface area contributed by atoms with Crippen molar-refractivity contribution >= 4 is 15.7 Å². The van der Waals surface area contributed by atoms with Gasteiger partial charge in [0, 0.05) is 38.4 Å². The van der Waals surface area contributed by atoms with Crippen LogP contribution in [0.2, 0.25) is 0 Å². The van der Waals surface area contributed by atoms with Crippen LogP contribution in [-0.2, 0) is 10.0 Å². The molecule has 0 aromatic heterocycles. The summed E-state index contributed by atoms with van der Waals surface area (Å²) in [6.07, 6.45) is 0.798. The van der Waals surface area contributed by atoms with E-state index in [0.29, 0.717) is 11.4 Å². The van der Waals surface area contributed by atoms with Crippen molar-refractivity contribution in [3.05, 3.63) is 53.6 Å². The molecular formula is C22H31N3O3S. The largest absolute Gasteiger partial charge is 0.497 e. The number of hydrogen-bond donors (Lipinski definition) is 1. The van der Waals surface area contributed by atoms with Crippen molar-refractivity contribution in [2.75, 3.05) is 51.3 Å². The lowest BCUT2D eigenvalue weighted by atomic mass is 10.2. The lowest BCUT2D eigenvalue weighted by Crippen LogP contribution is -2.47. The Morgan fingerprint density at radius 2 is 1.69 bits per heavy atom. The molecule has 3 rings (SSSR count). The first-order chi connectivity index (χ1) is 13.9. The summed E-state index contributed by atoms with van der Waals surface area (Å²) < 4.78 is 33.1. The minimum atomic E-state index is -3.45. The third-order valence-corrected chi connectivity index (χ3v) is 6.99. The Morgan fingerprint density at radius 3 is 2.34 bits per heavy atom.